The van der Waals surface area contributed by atoms with Crippen molar-refractivity contribution in [2.45, 2.75) is 46.1 Å². The lowest BCUT2D eigenvalue weighted by Crippen LogP contribution is -2.32. The van der Waals surface area contributed by atoms with Crippen LogP contribution in [0.15, 0.2) is 42.5 Å². The Morgan fingerprint density at radius 2 is 1.93 bits per heavy atom. The lowest BCUT2D eigenvalue weighted by atomic mass is 10.0. The van der Waals surface area contributed by atoms with E-state index in [9.17, 15) is 4.79 Å². The second kappa shape index (κ2) is 8.53. The second-order valence-corrected chi connectivity index (χ2v) is 7.53. The standard InChI is InChI=1S/C22H27N3OS/c1-4-19(17-9-7-15(2)8-10-17)24-22(27)23-18-11-12-20(16(3)14-18)25-13-5-6-21(25)26/h7-12,14,19H,4-6,13H2,1-3H3,(H2,23,24,27)/t19-/m0/s1. The van der Waals surface area contributed by atoms with E-state index >= 15 is 0 Å². The first-order chi connectivity index (χ1) is 13.0. The fourth-order valence-corrected chi connectivity index (χ4v) is 3.74. The number of nitrogens with zero attached hydrogens (tertiary/aromatic N) is 1. The highest BCUT2D eigenvalue weighted by Gasteiger charge is 2.23. The number of hydrogen-bond donors (Lipinski definition) is 2. The van der Waals surface area contributed by atoms with Crippen LogP contribution in [0.1, 0.15) is 48.9 Å². The Labute approximate surface area is 167 Å². The van der Waals surface area contributed by atoms with Crippen LogP contribution in [0.2, 0.25) is 0 Å². The minimum Gasteiger partial charge on any atom is -0.356 e. The third-order valence-electron chi connectivity index (χ3n) is 5.01. The molecule has 142 valence electrons. The van der Waals surface area contributed by atoms with E-state index in [0.717, 1.165) is 36.3 Å². The smallest absolute Gasteiger partial charge is 0.227 e. The van der Waals surface area contributed by atoms with Crippen molar-refractivity contribution in [2.75, 3.05) is 16.8 Å². The van der Waals surface area contributed by atoms with Gasteiger partial charge in [-0.2, -0.15) is 0 Å². The average molecular weight is 382 g/mol. The number of nitrogens with one attached hydrogen (secondary N) is 2. The molecule has 1 heterocycles. The molecule has 2 N–H and O–H groups in total. The minimum absolute atomic E-state index is 0.174. The van der Waals surface area contributed by atoms with E-state index in [1.807, 2.05) is 30.0 Å². The molecule has 0 aliphatic carbocycles. The molecule has 2 aromatic carbocycles. The van der Waals surface area contributed by atoms with Gasteiger partial charge in [0, 0.05) is 24.3 Å². The largest absolute Gasteiger partial charge is 0.356 e. The van der Waals surface area contributed by atoms with Crippen LogP contribution in [0.5, 0.6) is 0 Å². The van der Waals surface area contributed by atoms with Gasteiger partial charge in [0.1, 0.15) is 0 Å². The normalized spacial score (nSPS) is 14.9. The van der Waals surface area contributed by atoms with Crippen LogP contribution in [-0.4, -0.2) is 17.6 Å². The first-order valence-corrected chi connectivity index (χ1v) is 9.94. The van der Waals surface area contributed by atoms with Crippen molar-refractivity contribution in [3.05, 3.63) is 59.2 Å². The summed E-state index contributed by atoms with van der Waals surface area (Å²) >= 11 is 5.52. The summed E-state index contributed by atoms with van der Waals surface area (Å²) in [6, 6.07) is 14.7. The Balaban J connectivity index is 1.65. The van der Waals surface area contributed by atoms with E-state index in [4.69, 9.17) is 12.2 Å². The summed E-state index contributed by atoms with van der Waals surface area (Å²) in [6.07, 6.45) is 2.52. The van der Waals surface area contributed by atoms with Gasteiger partial charge in [-0.05, 0) is 68.2 Å². The summed E-state index contributed by atoms with van der Waals surface area (Å²) in [7, 11) is 0. The highest BCUT2D eigenvalue weighted by Crippen LogP contribution is 2.27. The molecule has 0 unspecified atom stereocenters. The molecule has 0 aromatic heterocycles. The zero-order valence-electron chi connectivity index (χ0n) is 16.2. The molecule has 3 rings (SSSR count). The molecule has 1 amide bonds. The molecule has 1 saturated heterocycles. The summed E-state index contributed by atoms with van der Waals surface area (Å²) in [5, 5.41) is 7.28. The van der Waals surface area contributed by atoms with Gasteiger partial charge in [0.25, 0.3) is 0 Å². The van der Waals surface area contributed by atoms with Gasteiger partial charge >= 0.3 is 0 Å². The van der Waals surface area contributed by atoms with Gasteiger partial charge < -0.3 is 15.5 Å². The van der Waals surface area contributed by atoms with Gasteiger partial charge in [0.2, 0.25) is 5.91 Å². The molecule has 0 radical (unpaired) electrons. The fraction of sp³-hybridized carbons (Fsp3) is 0.364. The first kappa shape index (κ1) is 19.4. The van der Waals surface area contributed by atoms with Crippen molar-refractivity contribution in [3.8, 4) is 0 Å². The lowest BCUT2D eigenvalue weighted by Gasteiger charge is -2.22. The van der Waals surface area contributed by atoms with Crippen molar-refractivity contribution in [3.63, 3.8) is 0 Å². The fourth-order valence-electron chi connectivity index (χ4n) is 3.48. The van der Waals surface area contributed by atoms with Crippen LogP contribution < -0.4 is 15.5 Å². The van der Waals surface area contributed by atoms with Crippen LogP contribution in [-0.2, 0) is 4.79 Å². The summed E-state index contributed by atoms with van der Waals surface area (Å²) < 4.78 is 0. The van der Waals surface area contributed by atoms with Gasteiger partial charge in [-0.1, -0.05) is 36.8 Å². The van der Waals surface area contributed by atoms with E-state index < -0.39 is 0 Å². The molecular formula is C22H27N3OS. The van der Waals surface area contributed by atoms with Gasteiger partial charge in [-0.3, -0.25) is 4.79 Å². The second-order valence-electron chi connectivity index (χ2n) is 7.12. The molecule has 1 aliphatic heterocycles. The van der Waals surface area contributed by atoms with E-state index in [2.05, 4.69) is 48.7 Å². The van der Waals surface area contributed by atoms with Crippen LogP contribution in [0.25, 0.3) is 0 Å². The molecule has 1 aliphatic rings. The number of hydrogen-bond acceptors (Lipinski definition) is 2. The summed E-state index contributed by atoms with van der Waals surface area (Å²) in [6.45, 7) is 7.07. The van der Waals surface area contributed by atoms with E-state index in [1.54, 1.807) is 0 Å². The number of amides is 1. The molecule has 27 heavy (non-hydrogen) atoms. The number of anilines is 2. The van der Waals surface area contributed by atoms with Crippen molar-refractivity contribution < 1.29 is 4.79 Å². The zero-order valence-corrected chi connectivity index (χ0v) is 17.0. The van der Waals surface area contributed by atoms with Crippen LogP contribution in [0.3, 0.4) is 0 Å². The van der Waals surface area contributed by atoms with Crippen LogP contribution in [0.4, 0.5) is 11.4 Å². The Kier molecular flexibility index (Phi) is 6.11. The summed E-state index contributed by atoms with van der Waals surface area (Å²) in [4.78, 5) is 13.9. The Morgan fingerprint density at radius 1 is 1.19 bits per heavy atom. The maximum Gasteiger partial charge on any atom is 0.227 e. The molecule has 0 bridgehead atoms. The van der Waals surface area contributed by atoms with E-state index in [0.29, 0.717) is 11.5 Å². The van der Waals surface area contributed by atoms with Gasteiger partial charge in [-0.25, -0.2) is 0 Å². The SMILES string of the molecule is CC[C@H](NC(=S)Nc1ccc(N2CCCC2=O)c(C)c1)c1ccc(C)cc1. The number of rotatable bonds is 5. The average Bonchev–Trinajstić information content (AvgIpc) is 3.06. The quantitative estimate of drug-likeness (QED) is 0.726. The highest BCUT2D eigenvalue weighted by atomic mass is 32.1. The molecule has 5 heteroatoms. The number of aryl methyl sites for hydroxylation is 2. The molecule has 1 atom stereocenters. The number of carbonyl (C=O) groups excluding carboxylic acids is 1. The maximum atomic E-state index is 12.0. The predicted molar refractivity (Wildman–Crippen MR) is 116 cm³/mol. The minimum atomic E-state index is 0.174. The number of benzene rings is 2. The third-order valence-corrected chi connectivity index (χ3v) is 5.23. The molecule has 0 saturated carbocycles. The molecule has 2 aromatic rings. The predicted octanol–water partition coefficient (Wildman–Crippen LogP) is 4.87. The maximum absolute atomic E-state index is 12.0. The summed E-state index contributed by atoms with van der Waals surface area (Å²) in [5.74, 6) is 0.208. The Hall–Kier alpha value is -2.40. The van der Waals surface area contributed by atoms with Crippen molar-refractivity contribution >= 4 is 34.6 Å². The highest BCUT2D eigenvalue weighted by molar-refractivity contribution is 7.80. The van der Waals surface area contributed by atoms with Gasteiger partial charge in [0.15, 0.2) is 5.11 Å². The zero-order chi connectivity index (χ0) is 19.4. The lowest BCUT2D eigenvalue weighted by molar-refractivity contribution is -0.117. The van der Waals surface area contributed by atoms with Crippen molar-refractivity contribution in [1.29, 1.82) is 0 Å². The summed E-state index contributed by atoms with van der Waals surface area (Å²) in [5.41, 5.74) is 5.48. The van der Waals surface area contributed by atoms with Crippen LogP contribution >= 0.6 is 12.2 Å². The topological polar surface area (TPSA) is 44.4 Å². The van der Waals surface area contributed by atoms with Crippen molar-refractivity contribution in [2.24, 2.45) is 0 Å². The number of thiocarbonyl (C=S) groups is 1. The molecular weight excluding hydrogens is 354 g/mol. The van der Waals surface area contributed by atoms with E-state index in [-0.39, 0.29) is 11.9 Å². The molecule has 1 fully saturated rings. The van der Waals surface area contributed by atoms with Crippen molar-refractivity contribution in [1.82, 2.24) is 5.32 Å². The number of carbonyl (C=O) groups is 1. The van der Waals surface area contributed by atoms with Crippen LogP contribution in [0, 0.1) is 13.8 Å². The Bertz CT molecular complexity index is 832. The monoisotopic (exact) mass is 381 g/mol. The first-order valence-electron chi connectivity index (χ1n) is 9.53. The molecule has 4 nitrogen and oxygen atoms in total. The third kappa shape index (κ3) is 4.66. The van der Waals surface area contributed by atoms with Gasteiger partial charge in [-0.15, -0.1) is 0 Å². The van der Waals surface area contributed by atoms with E-state index in [1.165, 1.54) is 11.1 Å². The molecule has 0 spiro atoms. The van der Waals surface area contributed by atoms with Gasteiger partial charge in [0.05, 0.1) is 6.04 Å². The Morgan fingerprint density at radius 3 is 2.52 bits per heavy atom.